The highest BCUT2D eigenvalue weighted by Crippen LogP contribution is 1.96. The summed E-state index contributed by atoms with van der Waals surface area (Å²) in [5.41, 5.74) is 0.668. The van der Waals surface area contributed by atoms with E-state index in [0.29, 0.717) is 12.0 Å². The summed E-state index contributed by atoms with van der Waals surface area (Å²) in [6, 6.07) is 1.31. The Bertz CT molecular complexity index is 306. The van der Waals surface area contributed by atoms with Crippen LogP contribution >= 0.6 is 0 Å². The maximum absolute atomic E-state index is 7.44. The van der Waals surface area contributed by atoms with Gasteiger partial charge in [0, 0.05) is 0 Å². The molecule has 1 aromatic rings. The molecule has 0 aliphatic carbocycles. The lowest BCUT2D eigenvalue weighted by Crippen LogP contribution is -1.73. The number of hydrogen-bond acceptors (Lipinski definition) is 0. The van der Waals surface area contributed by atoms with E-state index >= 15 is 0 Å². The lowest BCUT2D eigenvalue weighted by molar-refractivity contribution is 1.14. The van der Waals surface area contributed by atoms with E-state index < -0.39 is 0 Å². The summed E-state index contributed by atoms with van der Waals surface area (Å²) in [4.78, 5) is 0. The van der Waals surface area contributed by atoms with Crippen LogP contribution in [-0.4, -0.2) is 0 Å². The zero-order valence-corrected chi connectivity index (χ0v) is 4.78. The molecule has 0 heteroatoms. The van der Waals surface area contributed by atoms with Crippen LogP contribution in [0.15, 0.2) is 30.2 Å². The summed E-state index contributed by atoms with van der Waals surface area (Å²) in [6.07, 6.45) is 0.636. The molecule has 0 aliphatic rings. The van der Waals surface area contributed by atoms with Crippen LogP contribution < -0.4 is 0 Å². The van der Waals surface area contributed by atoms with E-state index in [1.165, 1.54) is 6.07 Å². The van der Waals surface area contributed by atoms with Gasteiger partial charge in [0.2, 0.25) is 0 Å². The fourth-order valence-electron chi connectivity index (χ4n) is 0.497. The minimum Gasteiger partial charge on any atom is -0.0622 e. The smallest absolute Gasteiger partial charge is 0.0622 e. The van der Waals surface area contributed by atoms with Crippen molar-refractivity contribution < 1.29 is 5.48 Å². The van der Waals surface area contributed by atoms with Gasteiger partial charge in [0.1, 0.15) is 0 Å². The van der Waals surface area contributed by atoms with E-state index in [0.717, 1.165) is 0 Å². The lowest BCUT2D eigenvalue weighted by Gasteiger charge is -1.89. The van der Waals surface area contributed by atoms with Gasteiger partial charge in [-0.3, -0.25) is 0 Å². The molecular formula is C8H10. The van der Waals surface area contributed by atoms with Gasteiger partial charge < -0.3 is 0 Å². The molecule has 0 heterocycles. The Balaban J connectivity index is 3.39. The fraction of sp³-hybridized carbons (Fsp3) is 0.250. The third-order valence-corrected chi connectivity index (χ3v) is 0.985. The van der Waals surface area contributed by atoms with Gasteiger partial charge in [0.15, 0.2) is 0 Å². The molecule has 0 N–H and O–H groups in total. The molecule has 0 fully saturated rings. The summed E-state index contributed by atoms with van der Waals surface area (Å²) in [5, 5.41) is 0. The zero-order chi connectivity index (χ0) is 9.30. The highest BCUT2D eigenvalue weighted by molar-refractivity contribution is 5.13. The van der Waals surface area contributed by atoms with E-state index in [2.05, 4.69) is 0 Å². The third-order valence-electron chi connectivity index (χ3n) is 0.985. The molecular weight excluding hydrogens is 96.1 g/mol. The van der Waals surface area contributed by atoms with Crippen molar-refractivity contribution in [1.82, 2.24) is 0 Å². The van der Waals surface area contributed by atoms with Gasteiger partial charge in [-0.25, -0.2) is 0 Å². The maximum Gasteiger partial charge on any atom is 0.0626 e. The minimum atomic E-state index is -0.155. The van der Waals surface area contributed by atoms with Crippen LogP contribution in [0, 0.1) is 0 Å². The quantitative estimate of drug-likeness (QED) is 0.520. The van der Waals surface area contributed by atoms with Gasteiger partial charge in [0.05, 0.1) is 5.48 Å². The molecule has 1 rings (SSSR count). The molecule has 8 heavy (non-hydrogen) atoms. The van der Waals surface area contributed by atoms with Gasteiger partial charge in [-0.15, -0.1) is 0 Å². The first-order valence-corrected chi connectivity index (χ1v) is 2.64. The van der Waals surface area contributed by atoms with Crippen LogP contribution in [0.4, 0.5) is 0 Å². The van der Waals surface area contributed by atoms with Crippen LogP contribution in [0.5, 0.6) is 0 Å². The number of hydrogen-bond donors (Lipinski definition) is 0. The van der Waals surface area contributed by atoms with E-state index in [-0.39, 0.29) is 24.2 Å². The fourth-order valence-corrected chi connectivity index (χ4v) is 0.497. The van der Waals surface area contributed by atoms with Crippen molar-refractivity contribution >= 4 is 0 Å². The molecule has 42 valence electrons. The van der Waals surface area contributed by atoms with Crippen molar-refractivity contribution in [3.8, 4) is 0 Å². The number of aryl methyl sites for hydroxylation is 1. The topological polar surface area (TPSA) is 0 Å². The molecule has 0 bridgehead atoms. The molecule has 0 saturated carbocycles. The predicted octanol–water partition coefficient (Wildman–Crippen LogP) is 2.25. The SMILES string of the molecule is [2H]c1cc(CC)c([2H])c([2H])c1[2H]. The van der Waals surface area contributed by atoms with Crippen LogP contribution in [0.2, 0.25) is 0 Å². The van der Waals surface area contributed by atoms with Crippen molar-refractivity contribution in [3.05, 3.63) is 35.8 Å². The summed E-state index contributed by atoms with van der Waals surface area (Å²) < 4.78 is 29.3. The molecule has 0 radical (unpaired) electrons. The summed E-state index contributed by atoms with van der Waals surface area (Å²) in [6.45, 7) is 1.87. The van der Waals surface area contributed by atoms with Crippen molar-refractivity contribution in [3.63, 3.8) is 0 Å². The second-order valence-electron chi connectivity index (χ2n) is 1.54. The zero-order valence-electron chi connectivity index (χ0n) is 8.78. The Morgan fingerprint density at radius 3 is 3.12 bits per heavy atom. The van der Waals surface area contributed by atoms with Crippen LogP contribution in [0.1, 0.15) is 18.0 Å². The number of rotatable bonds is 1. The number of benzene rings is 1. The Morgan fingerprint density at radius 1 is 1.50 bits per heavy atom. The highest BCUT2D eigenvalue weighted by Gasteiger charge is 1.79. The summed E-state index contributed by atoms with van der Waals surface area (Å²) in [7, 11) is 0. The first kappa shape index (κ1) is 2.22. The second kappa shape index (κ2) is 2.51. The minimum absolute atomic E-state index is 0.0350. The molecule has 0 spiro atoms. The molecule has 0 aliphatic heterocycles. The maximum atomic E-state index is 7.44. The first-order chi connectivity index (χ1) is 5.57. The third kappa shape index (κ3) is 1.09. The van der Waals surface area contributed by atoms with Crippen molar-refractivity contribution in [1.29, 1.82) is 0 Å². The Kier molecular flexibility index (Phi) is 0.696. The molecule has 0 saturated heterocycles. The average molecular weight is 110 g/mol. The molecule has 0 amide bonds. The Morgan fingerprint density at radius 2 is 2.38 bits per heavy atom. The molecule has 0 nitrogen and oxygen atoms in total. The normalized spacial score (nSPS) is 16.1. The molecule has 0 unspecified atom stereocenters. The van der Waals surface area contributed by atoms with Gasteiger partial charge in [-0.1, -0.05) is 37.2 Å². The molecule has 0 atom stereocenters. The van der Waals surface area contributed by atoms with Crippen molar-refractivity contribution in [2.24, 2.45) is 0 Å². The van der Waals surface area contributed by atoms with E-state index in [4.69, 9.17) is 5.48 Å². The van der Waals surface area contributed by atoms with Crippen LogP contribution in [0.3, 0.4) is 0 Å². The Labute approximate surface area is 55.8 Å². The van der Waals surface area contributed by atoms with Gasteiger partial charge in [0.25, 0.3) is 0 Å². The largest absolute Gasteiger partial charge is 0.0626 e. The monoisotopic (exact) mass is 110 g/mol. The Hall–Kier alpha value is -0.780. The van der Waals surface area contributed by atoms with Gasteiger partial charge >= 0.3 is 0 Å². The predicted molar refractivity (Wildman–Crippen MR) is 35.8 cm³/mol. The lowest BCUT2D eigenvalue weighted by atomic mass is 10.2. The molecule has 1 aromatic carbocycles. The van der Waals surface area contributed by atoms with Crippen LogP contribution in [-0.2, 0) is 6.42 Å². The highest BCUT2D eigenvalue weighted by atomic mass is 13.9. The van der Waals surface area contributed by atoms with Gasteiger partial charge in [-0.2, -0.15) is 0 Å². The standard InChI is InChI=1S/C8H10/c1-2-8-6-4-3-5-7-8/h3-7H,2H2,1H3/i3D,4D,5D,6D. The van der Waals surface area contributed by atoms with E-state index in [9.17, 15) is 0 Å². The summed E-state index contributed by atoms with van der Waals surface area (Å²) in [5.74, 6) is 0. The van der Waals surface area contributed by atoms with E-state index in [1.54, 1.807) is 0 Å². The molecule has 0 aromatic heterocycles. The summed E-state index contributed by atoms with van der Waals surface area (Å²) >= 11 is 0. The second-order valence-corrected chi connectivity index (χ2v) is 1.54. The van der Waals surface area contributed by atoms with Gasteiger partial charge in [-0.05, 0) is 12.0 Å². The first-order valence-electron chi connectivity index (χ1n) is 4.64. The van der Waals surface area contributed by atoms with E-state index in [1.807, 2.05) is 6.92 Å². The van der Waals surface area contributed by atoms with Crippen LogP contribution in [0.25, 0.3) is 0 Å². The average Bonchev–Trinajstić information content (AvgIpc) is 2.08. The van der Waals surface area contributed by atoms with Crippen molar-refractivity contribution in [2.45, 2.75) is 13.3 Å². The van der Waals surface area contributed by atoms with Crippen molar-refractivity contribution in [2.75, 3.05) is 0 Å².